The van der Waals surface area contributed by atoms with Gasteiger partial charge in [0, 0.05) is 25.9 Å². The van der Waals surface area contributed by atoms with Crippen LogP contribution in [0.2, 0.25) is 0 Å². The fraction of sp³-hybridized carbons (Fsp3) is 0.357. The number of hydrogen-bond acceptors (Lipinski definition) is 2. The maximum atomic E-state index is 10.8. The zero-order valence-electron chi connectivity index (χ0n) is 10.8. The number of aliphatic carboxylic acids is 1. The molecule has 0 heterocycles. The molecule has 17 heavy (non-hydrogen) atoms. The third-order valence-corrected chi connectivity index (χ3v) is 2.62. The first-order chi connectivity index (χ1) is 7.91. The van der Waals surface area contributed by atoms with Gasteiger partial charge >= 0.3 is 5.97 Å². The van der Waals surface area contributed by atoms with Crippen molar-refractivity contribution in [2.75, 3.05) is 19.0 Å². The highest BCUT2D eigenvalue weighted by Crippen LogP contribution is 2.24. The number of nitrogens with zero attached hydrogens (tertiary/aromatic N) is 1. The summed E-state index contributed by atoms with van der Waals surface area (Å²) in [5, 5.41) is 8.85. The number of hydrogen-bond donors (Lipinski definition) is 1. The molecule has 0 unspecified atom stereocenters. The van der Waals surface area contributed by atoms with Crippen LogP contribution in [0.25, 0.3) is 5.57 Å². The zero-order valence-corrected chi connectivity index (χ0v) is 10.8. The van der Waals surface area contributed by atoms with Crippen LogP contribution in [0.5, 0.6) is 0 Å². The fourth-order valence-electron chi connectivity index (χ4n) is 1.67. The lowest BCUT2D eigenvalue weighted by atomic mass is 9.95. The molecule has 3 heteroatoms. The molecular formula is C14H19NO2. The van der Waals surface area contributed by atoms with E-state index < -0.39 is 5.97 Å². The highest BCUT2D eigenvalue weighted by molar-refractivity contribution is 5.90. The van der Waals surface area contributed by atoms with E-state index in [0.29, 0.717) is 0 Å². The summed E-state index contributed by atoms with van der Waals surface area (Å²) < 4.78 is 0. The van der Waals surface area contributed by atoms with Crippen LogP contribution >= 0.6 is 0 Å². The van der Waals surface area contributed by atoms with Gasteiger partial charge in [0.25, 0.3) is 0 Å². The molecule has 0 aromatic heterocycles. The first kappa shape index (κ1) is 13.3. The van der Waals surface area contributed by atoms with Crippen LogP contribution in [0.1, 0.15) is 19.4 Å². The summed E-state index contributed by atoms with van der Waals surface area (Å²) in [6, 6.07) is 7.91. The Kier molecular flexibility index (Phi) is 4.32. The molecule has 1 N–H and O–H groups in total. The van der Waals surface area contributed by atoms with Crippen molar-refractivity contribution in [3.8, 4) is 0 Å². The van der Waals surface area contributed by atoms with E-state index in [1.165, 1.54) is 6.08 Å². The summed E-state index contributed by atoms with van der Waals surface area (Å²) in [4.78, 5) is 12.8. The van der Waals surface area contributed by atoms with E-state index in [1.807, 2.05) is 57.1 Å². The van der Waals surface area contributed by atoms with Crippen LogP contribution in [-0.4, -0.2) is 25.2 Å². The van der Waals surface area contributed by atoms with Crippen LogP contribution in [0, 0.1) is 5.92 Å². The predicted molar refractivity (Wildman–Crippen MR) is 71.2 cm³/mol. The summed E-state index contributed by atoms with van der Waals surface area (Å²) in [6.07, 6.45) is 1.29. The van der Waals surface area contributed by atoms with Crippen LogP contribution in [0.4, 0.5) is 5.69 Å². The number of carboxylic acid groups (broad SMARTS) is 1. The molecule has 0 aliphatic heterocycles. The van der Waals surface area contributed by atoms with E-state index in [-0.39, 0.29) is 5.92 Å². The summed E-state index contributed by atoms with van der Waals surface area (Å²) in [5.74, 6) is -0.707. The van der Waals surface area contributed by atoms with Crippen LogP contribution < -0.4 is 4.90 Å². The van der Waals surface area contributed by atoms with Crippen molar-refractivity contribution in [1.29, 1.82) is 0 Å². The summed E-state index contributed by atoms with van der Waals surface area (Å²) >= 11 is 0. The van der Waals surface area contributed by atoms with Gasteiger partial charge < -0.3 is 10.0 Å². The van der Waals surface area contributed by atoms with Crippen LogP contribution in [0.3, 0.4) is 0 Å². The van der Waals surface area contributed by atoms with Gasteiger partial charge in [-0.2, -0.15) is 0 Å². The Hall–Kier alpha value is -1.77. The highest BCUT2D eigenvalue weighted by atomic mass is 16.4. The van der Waals surface area contributed by atoms with E-state index in [0.717, 1.165) is 16.8 Å². The second kappa shape index (κ2) is 5.53. The molecule has 0 amide bonds. The molecule has 1 aromatic rings. The lowest BCUT2D eigenvalue weighted by Gasteiger charge is -2.15. The molecule has 0 fully saturated rings. The smallest absolute Gasteiger partial charge is 0.328 e. The largest absolute Gasteiger partial charge is 0.478 e. The van der Waals surface area contributed by atoms with E-state index in [2.05, 4.69) is 0 Å². The number of carboxylic acids is 1. The molecule has 0 spiro atoms. The van der Waals surface area contributed by atoms with Crippen molar-refractivity contribution < 1.29 is 9.90 Å². The van der Waals surface area contributed by atoms with Gasteiger partial charge in [-0.25, -0.2) is 4.79 Å². The van der Waals surface area contributed by atoms with Crippen molar-refractivity contribution in [3.05, 3.63) is 35.9 Å². The average Bonchev–Trinajstić information content (AvgIpc) is 2.25. The predicted octanol–water partition coefficient (Wildman–Crippen LogP) is 2.88. The van der Waals surface area contributed by atoms with Crippen molar-refractivity contribution in [2.45, 2.75) is 13.8 Å². The monoisotopic (exact) mass is 233 g/mol. The molecule has 0 atom stereocenters. The van der Waals surface area contributed by atoms with Gasteiger partial charge in [0.05, 0.1) is 0 Å². The summed E-state index contributed by atoms with van der Waals surface area (Å²) in [6.45, 7) is 3.99. The number of anilines is 1. The van der Waals surface area contributed by atoms with Crippen molar-refractivity contribution >= 4 is 17.2 Å². The topological polar surface area (TPSA) is 40.5 Å². The minimum Gasteiger partial charge on any atom is -0.478 e. The Morgan fingerprint density at radius 2 is 1.76 bits per heavy atom. The lowest BCUT2D eigenvalue weighted by molar-refractivity contribution is -0.131. The first-order valence-electron chi connectivity index (χ1n) is 5.64. The van der Waals surface area contributed by atoms with Gasteiger partial charge in [-0.15, -0.1) is 0 Å². The molecule has 0 aliphatic carbocycles. The number of benzene rings is 1. The number of rotatable bonds is 4. The van der Waals surface area contributed by atoms with Gasteiger partial charge in [-0.05, 0) is 29.2 Å². The van der Waals surface area contributed by atoms with Gasteiger partial charge in [0.2, 0.25) is 0 Å². The minimum absolute atomic E-state index is 0.191. The molecule has 0 saturated heterocycles. The Morgan fingerprint density at radius 3 is 2.12 bits per heavy atom. The van der Waals surface area contributed by atoms with Gasteiger partial charge in [-0.1, -0.05) is 26.0 Å². The molecule has 1 aromatic carbocycles. The highest BCUT2D eigenvalue weighted by Gasteiger charge is 2.08. The number of allylic oxidation sites excluding steroid dienone is 1. The van der Waals surface area contributed by atoms with Gasteiger partial charge in [0.15, 0.2) is 0 Å². The van der Waals surface area contributed by atoms with Gasteiger partial charge in [-0.3, -0.25) is 0 Å². The van der Waals surface area contributed by atoms with E-state index in [1.54, 1.807) is 0 Å². The molecule has 3 nitrogen and oxygen atoms in total. The normalized spacial score (nSPS) is 11.7. The van der Waals surface area contributed by atoms with Crippen molar-refractivity contribution in [3.63, 3.8) is 0 Å². The number of carbonyl (C=O) groups is 1. The summed E-state index contributed by atoms with van der Waals surface area (Å²) in [5.41, 5.74) is 2.92. The van der Waals surface area contributed by atoms with E-state index in [4.69, 9.17) is 5.11 Å². The average molecular weight is 233 g/mol. The lowest BCUT2D eigenvalue weighted by Crippen LogP contribution is -2.08. The Bertz CT molecular complexity index is 416. The third kappa shape index (κ3) is 3.63. The molecule has 0 radical (unpaired) electrons. The van der Waals surface area contributed by atoms with Crippen LogP contribution in [-0.2, 0) is 4.79 Å². The Balaban J connectivity index is 3.08. The Morgan fingerprint density at radius 1 is 1.24 bits per heavy atom. The fourth-order valence-corrected chi connectivity index (χ4v) is 1.67. The van der Waals surface area contributed by atoms with Crippen LogP contribution in [0.15, 0.2) is 30.3 Å². The first-order valence-corrected chi connectivity index (χ1v) is 5.64. The molecule has 0 saturated carbocycles. The van der Waals surface area contributed by atoms with E-state index >= 15 is 0 Å². The molecule has 0 aliphatic rings. The molecule has 1 rings (SSSR count). The SMILES string of the molecule is CC(C)/C(=C\C(=O)O)c1ccc(N(C)C)cc1. The minimum atomic E-state index is -0.898. The third-order valence-electron chi connectivity index (χ3n) is 2.62. The standard InChI is InChI=1S/C14H19NO2/c1-10(2)13(9-14(16)17)11-5-7-12(8-6-11)15(3)4/h5-10H,1-4H3,(H,16,17)/b13-9+. The molecular weight excluding hydrogens is 214 g/mol. The maximum absolute atomic E-state index is 10.8. The van der Waals surface area contributed by atoms with E-state index in [9.17, 15) is 4.79 Å². The quantitative estimate of drug-likeness (QED) is 0.813. The molecule has 0 bridgehead atoms. The summed E-state index contributed by atoms with van der Waals surface area (Å²) in [7, 11) is 3.96. The second-order valence-corrected chi connectivity index (χ2v) is 4.53. The van der Waals surface area contributed by atoms with Gasteiger partial charge in [0.1, 0.15) is 0 Å². The Labute approximate surface area is 102 Å². The molecule has 92 valence electrons. The van der Waals surface area contributed by atoms with Crippen molar-refractivity contribution in [2.24, 2.45) is 5.92 Å². The maximum Gasteiger partial charge on any atom is 0.328 e. The zero-order chi connectivity index (χ0) is 13.0. The second-order valence-electron chi connectivity index (χ2n) is 4.53. The van der Waals surface area contributed by atoms with Crippen molar-refractivity contribution in [1.82, 2.24) is 0 Å².